The third-order valence-corrected chi connectivity index (χ3v) is 5.49. The van der Waals surface area contributed by atoms with Gasteiger partial charge in [-0.1, -0.05) is 6.07 Å². The molecule has 0 saturated carbocycles. The van der Waals surface area contributed by atoms with Crippen molar-refractivity contribution in [2.75, 3.05) is 13.1 Å². The Morgan fingerprint density at radius 3 is 2.75 bits per heavy atom. The zero-order chi connectivity index (χ0) is 22.5. The van der Waals surface area contributed by atoms with Crippen molar-refractivity contribution in [2.24, 2.45) is 0 Å². The van der Waals surface area contributed by atoms with Crippen LogP contribution >= 0.6 is 0 Å². The number of hydrogen-bond donors (Lipinski definition) is 1. The largest absolute Gasteiger partial charge is 0.489 e. The summed E-state index contributed by atoms with van der Waals surface area (Å²) in [4.78, 5) is 13.3. The Morgan fingerprint density at radius 2 is 1.97 bits per heavy atom. The van der Waals surface area contributed by atoms with Crippen molar-refractivity contribution in [1.29, 1.82) is 0 Å². The summed E-state index contributed by atoms with van der Waals surface area (Å²) in [6.07, 6.45) is 7.23. The number of piperidine rings is 1. The van der Waals surface area contributed by atoms with Gasteiger partial charge in [0.15, 0.2) is 23.2 Å². The lowest BCUT2D eigenvalue weighted by molar-refractivity contribution is -0.104. The van der Waals surface area contributed by atoms with Gasteiger partial charge in [0.2, 0.25) is 0 Å². The van der Waals surface area contributed by atoms with Gasteiger partial charge in [-0.25, -0.2) is 13.2 Å². The fourth-order valence-corrected chi connectivity index (χ4v) is 3.88. The van der Waals surface area contributed by atoms with Crippen molar-refractivity contribution in [3.8, 4) is 11.5 Å². The van der Waals surface area contributed by atoms with Crippen LogP contribution in [0.25, 0.3) is 0 Å². The van der Waals surface area contributed by atoms with Gasteiger partial charge in [0, 0.05) is 37.3 Å². The van der Waals surface area contributed by atoms with Crippen LogP contribution in [0.3, 0.4) is 0 Å². The summed E-state index contributed by atoms with van der Waals surface area (Å²) in [6, 6.07) is 7.64. The lowest BCUT2D eigenvalue weighted by atomic mass is 10.0. The molecule has 2 saturated heterocycles. The fraction of sp³-hybridized carbons (Fsp3) is 0.292. The Morgan fingerprint density at radius 1 is 1.09 bits per heavy atom. The Bertz CT molecular complexity index is 1050. The second-order valence-electron chi connectivity index (χ2n) is 7.69. The van der Waals surface area contributed by atoms with Crippen molar-refractivity contribution in [3.63, 3.8) is 0 Å². The number of rotatable bonds is 7. The molecule has 2 heterocycles. The van der Waals surface area contributed by atoms with Gasteiger partial charge >= 0.3 is 0 Å². The van der Waals surface area contributed by atoms with E-state index in [9.17, 15) is 18.0 Å². The maximum atomic E-state index is 14.5. The highest BCUT2D eigenvalue weighted by molar-refractivity contribution is 5.66. The van der Waals surface area contributed by atoms with Crippen LogP contribution < -0.4 is 10.1 Å². The van der Waals surface area contributed by atoms with Crippen LogP contribution in [0.5, 0.6) is 11.5 Å². The Kier molecular flexibility index (Phi) is 6.68. The number of hydrogen-bond acceptors (Lipinski definition) is 5. The quantitative estimate of drug-likeness (QED) is 0.378. The third-order valence-electron chi connectivity index (χ3n) is 5.49. The number of nitrogens with zero attached hydrogens (tertiary/aromatic N) is 1. The molecular formula is C24H23F3N2O3. The van der Waals surface area contributed by atoms with E-state index in [0.29, 0.717) is 23.7 Å². The maximum Gasteiger partial charge on any atom is 0.166 e. The molecule has 2 fully saturated rings. The van der Waals surface area contributed by atoms with Gasteiger partial charge in [-0.2, -0.15) is 0 Å². The topological polar surface area (TPSA) is 50.8 Å². The molecule has 1 N–H and O–H groups in total. The molecule has 0 aliphatic carbocycles. The average molecular weight is 444 g/mol. The summed E-state index contributed by atoms with van der Waals surface area (Å²) in [6.45, 7) is 1.86. The molecule has 2 aliphatic heterocycles. The molecule has 2 aliphatic rings. The Hall–Kier alpha value is -3.42. The Balaban J connectivity index is 1.41. The van der Waals surface area contributed by atoms with Gasteiger partial charge in [0.1, 0.15) is 30.2 Å². The number of carbonyl (C=O) groups is 1. The van der Waals surface area contributed by atoms with E-state index in [1.165, 1.54) is 30.7 Å². The van der Waals surface area contributed by atoms with E-state index in [1.54, 1.807) is 12.1 Å². The van der Waals surface area contributed by atoms with E-state index in [1.807, 2.05) is 0 Å². The number of halogens is 3. The molecule has 2 aromatic carbocycles. The Labute approximate surface area is 184 Å². The number of fused-ring (bicyclic) bond motifs is 1. The number of carbonyl (C=O) groups excluding carboxylic acids is 1. The normalized spacial score (nSPS) is 19.5. The van der Waals surface area contributed by atoms with E-state index in [4.69, 9.17) is 9.47 Å². The minimum Gasteiger partial charge on any atom is -0.489 e. The molecule has 0 radical (unpaired) electrons. The smallest absolute Gasteiger partial charge is 0.166 e. The average Bonchev–Trinajstić information content (AvgIpc) is 3.19. The maximum absolute atomic E-state index is 14.5. The van der Waals surface area contributed by atoms with Gasteiger partial charge < -0.3 is 19.7 Å². The van der Waals surface area contributed by atoms with Crippen molar-refractivity contribution in [3.05, 3.63) is 83.1 Å². The number of allylic oxidation sites excluding steroid dienone is 2. The number of ether oxygens (including phenoxy) is 2. The van der Waals surface area contributed by atoms with Gasteiger partial charge in [-0.15, -0.1) is 0 Å². The van der Waals surface area contributed by atoms with Gasteiger partial charge in [0.25, 0.3) is 0 Å². The van der Waals surface area contributed by atoms with Crippen LogP contribution in [-0.4, -0.2) is 30.3 Å². The molecule has 4 rings (SSSR count). The molecular weight excluding hydrogens is 421 g/mol. The second kappa shape index (κ2) is 9.80. The lowest BCUT2D eigenvalue weighted by Gasteiger charge is -2.30. The van der Waals surface area contributed by atoms with E-state index in [2.05, 4.69) is 10.2 Å². The monoisotopic (exact) mass is 444 g/mol. The molecule has 0 aromatic heterocycles. The second-order valence-corrected chi connectivity index (χ2v) is 7.69. The summed E-state index contributed by atoms with van der Waals surface area (Å²) in [5.74, 6) is -1.62. The van der Waals surface area contributed by atoms with E-state index in [-0.39, 0.29) is 18.1 Å². The minimum absolute atomic E-state index is 0.0188. The standard InChI is InChI=1S/C24H23F3N2O3/c25-20-6-5-19(12-21(20)26)32-23-7-4-16(11-22(23)27)15-31-18(8-10-30)13-24-28-14-17-3-1-2-9-29(17)24/h4-8,10-13,17,28H,1-3,9,14-15H2/b18-8?,24-13+. The highest BCUT2D eigenvalue weighted by atomic mass is 19.2. The first-order valence-electron chi connectivity index (χ1n) is 10.5. The van der Waals surface area contributed by atoms with Gasteiger partial charge in [-0.3, -0.25) is 4.79 Å². The van der Waals surface area contributed by atoms with Crippen LogP contribution in [0.4, 0.5) is 13.2 Å². The molecule has 32 heavy (non-hydrogen) atoms. The lowest BCUT2D eigenvalue weighted by Crippen LogP contribution is -2.34. The first-order chi connectivity index (χ1) is 15.5. The molecule has 8 heteroatoms. The molecule has 0 bridgehead atoms. The summed E-state index contributed by atoms with van der Waals surface area (Å²) < 4.78 is 51.8. The highest BCUT2D eigenvalue weighted by Crippen LogP contribution is 2.28. The summed E-state index contributed by atoms with van der Waals surface area (Å²) in [7, 11) is 0. The molecule has 168 valence electrons. The number of aldehydes is 1. The number of nitrogens with one attached hydrogen (secondary N) is 1. The van der Waals surface area contributed by atoms with Crippen LogP contribution in [-0.2, 0) is 16.1 Å². The van der Waals surface area contributed by atoms with Crippen LogP contribution in [0, 0.1) is 17.5 Å². The van der Waals surface area contributed by atoms with Crippen LogP contribution in [0.1, 0.15) is 24.8 Å². The summed E-state index contributed by atoms with van der Waals surface area (Å²) in [5, 5.41) is 3.36. The zero-order valence-electron chi connectivity index (χ0n) is 17.3. The van der Waals surface area contributed by atoms with Crippen LogP contribution in [0.2, 0.25) is 0 Å². The third kappa shape index (κ3) is 5.07. The fourth-order valence-electron chi connectivity index (χ4n) is 3.88. The van der Waals surface area contributed by atoms with E-state index in [0.717, 1.165) is 43.9 Å². The predicted molar refractivity (Wildman–Crippen MR) is 112 cm³/mol. The van der Waals surface area contributed by atoms with E-state index >= 15 is 0 Å². The molecule has 0 spiro atoms. The summed E-state index contributed by atoms with van der Waals surface area (Å²) >= 11 is 0. The summed E-state index contributed by atoms with van der Waals surface area (Å²) in [5.41, 5.74) is 0.519. The first-order valence-corrected chi connectivity index (χ1v) is 10.5. The molecule has 1 atom stereocenters. The van der Waals surface area contributed by atoms with Crippen molar-refractivity contribution >= 4 is 6.29 Å². The highest BCUT2D eigenvalue weighted by Gasteiger charge is 2.29. The molecule has 2 aromatic rings. The van der Waals surface area contributed by atoms with Crippen molar-refractivity contribution in [2.45, 2.75) is 31.9 Å². The zero-order valence-corrected chi connectivity index (χ0v) is 17.3. The van der Waals surface area contributed by atoms with Crippen LogP contribution in [0.15, 0.2) is 60.1 Å². The van der Waals surface area contributed by atoms with E-state index < -0.39 is 17.5 Å². The first kappa shape index (κ1) is 21.8. The van der Waals surface area contributed by atoms with Crippen molar-refractivity contribution < 1.29 is 27.4 Å². The minimum atomic E-state index is -1.08. The van der Waals surface area contributed by atoms with Gasteiger partial charge in [0.05, 0.1) is 0 Å². The molecule has 1 unspecified atom stereocenters. The van der Waals surface area contributed by atoms with Gasteiger partial charge in [-0.05, 0) is 49.1 Å². The number of benzene rings is 2. The molecule has 0 amide bonds. The molecule has 5 nitrogen and oxygen atoms in total. The SMILES string of the molecule is O=CC=C(/C=C1\NCC2CCCCN12)OCc1ccc(Oc2ccc(F)c(F)c2)c(F)c1. The predicted octanol–water partition coefficient (Wildman–Crippen LogP) is 4.79. The van der Waals surface area contributed by atoms with Crippen molar-refractivity contribution in [1.82, 2.24) is 10.2 Å².